The van der Waals surface area contributed by atoms with Gasteiger partial charge in [0, 0.05) is 19.6 Å². The SMILES string of the molecule is COc1ccc(CC(=O)N(C)C(C)CN)cc1F. The van der Waals surface area contributed by atoms with E-state index in [2.05, 4.69) is 0 Å². The molecule has 0 saturated heterocycles. The molecule has 5 heteroatoms. The van der Waals surface area contributed by atoms with E-state index >= 15 is 0 Å². The third-order valence-corrected chi connectivity index (χ3v) is 2.97. The second-order valence-corrected chi connectivity index (χ2v) is 4.24. The quantitative estimate of drug-likeness (QED) is 0.858. The highest BCUT2D eigenvalue weighted by Crippen LogP contribution is 2.18. The average molecular weight is 254 g/mol. The molecule has 0 spiro atoms. The Hall–Kier alpha value is -1.62. The van der Waals surface area contributed by atoms with Gasteiger partial charge in [0.15, 0.2) is 11.6 Å². The second-order valence-electron chi connectivity index (χ2n) is 4.24. The molecule has 1 unspecified atom stereocenters. The van der Waals surface area contributed by atoms with E-state index in [0.29, 0.717) is 12.1 Å². The molecule has 0 radical (unpaired) electrons. The van der Waals surface area contributed by atoms with Gasteiger partial charge in [-0.1, -0.05) is 6.07 Å². The predicted molar refractivity (Wildman–Crippen MR) is 67.9 cm³/mol. The molecule has 1 aromatic rings. The van der Waals surface area contributed by atoms with Crippen molar-refractivity contribution in [3.8, 4) is 5.75 Å². The Labute approximate surface area is 107 Å². The standard InChI is InChI=1S/C13H19FN2O2/c1-9(8-15)16(2)13(17)7-10-4-5-12(18-3)11(14)6-10/h4-6,9H,7-8,15H2,1-3H3. The van der Waals surface area contributed by atoms with Gasteiger partial charge in [-0.3, -0.25) is 4.79 Å². The molecule has 1 amide bonds. The van der Waals surface area contributed by atoms with Crippen LogP contribution in [0.15, 0.2) is 18.2 Å². The van der Waals surface area contributed by atoms with E-state index in [1.165, 1.54) is 19.2 Å². The van der Waals surface area contributed by atoms with Crippen molar-refractivity contribution in [2.45, 2.75) is 19.4 Å². The first kappa shape index (κ1) is 14.4. The van der Waals surface area contributed by atoms with Gasteiger partial charge >= 0.3 is 0 Å². The molecule has 0 aliphatic heterocycles. The zero-order chi connectivity index (χ0) is 13.7. The first-order valence-electron chi connectivity index (χ1n) is 5.77. The molecule has 0 bridgehead atoms. The van der Waals surface area contributed by atoms with Crippen molar-refractivity contribution in [3.63, 3.8) is 0 Å². The van der Waals surface area contributed by atoms with Crippen LogP contribution in [0.1, 0.15) is 12.5 Å². The smallest absolute Gasteiger partial charge is 0.227 e. The van der Waals surface area contributed by atoms with Crippen LogP contribution in [-0.2, 0) is 11.2 Å². The molecular weight excluding hydrogens is 235 g/mol. The molecule has 0 saturated carbocycles. The molecule has 1 rings (SSSR count). The number of carbonyl (C=O) groups excluding carboxylic acids is 1. The number of amides is 1. The van der Waals surface area contributed by atoms with Gasteiger partial charge in [-0.15, -0.1) is 0 Å². The number of halogens is 1. The van der Waals surface area contributed by atoms with Gasteiger partial charge in [-0.05, 0) is 24.6 Å². The van der Waals surface area contributed by atoms with Crippen LogP contribution in [-0.4, -0.2) is 37.6 Å². The molecule has 0 heterocycles. The fraction of sp³-hybridized carbons (Fsp3) is 0.462. The Morgan fingerprint density at radius 2 is 2.22 bits per heavy atom. The fourth-order valence-electron chi connectivity index (χ4n) is 1.52. The zero-order valence-corrected chi connectivity index (χ0v) is 10.9. The lowest BCUT2D eigenvalue weighted by molar-refractivity contribution is -0.130. The van der Waals surface area contributed by atoms with E-state index in [0.717, 1.165) is 0 Å². The molecule has 2 N–H and O–H groups in total. The first-order chi connectivity index (χ1) is 8.49. The third kappa shape index (κ3) is 3.43. The van der Waals surface area contributed by atoms with Crippen molar-refractivity contribution in [2.24, 2.45) is 5.73 Å². The maximum Gasteiger partial charge on any atom is 0.227 e. The van der Waals surface area contributed by atoms with E-state index < -0.39 is 5.82 Å². The molecule has 0 fully saturated rings. The molecule has 100 valence electrons. The number of carbonyl (C=O) groups is 1. The molecule has 4 nitrogen and oxygen atoms in total. The van der Waals surface area contributed by atoms with Crippen molar-refractivity contribution < 1.29 is 13.9 Å². The van der Waals surface area contributed by atoms with E-state index in [4.69, 9.17) is 10.5 Å². The van der Waals surface area contributed by atoms with Crippen LogP contribution in [0.3, 0.4) is 0 Å². The van der Waals surface area contributed by atoms with Crippen LogP contribution in [0.2, 0.25) is 0 Å². The summed E-state index contributed by atoms with van der Waals surface area (Å²) in [5.74, 6) is -0.371. The summed E-state index contributed by atoms with van der Waals surface area (Å²) in [6, 6.07) is 4.49. The summed E-state index contributed by atoms with van der Waals surface area (Å²) in [4.78, 5) is 13.5. The topological polar surface area (TPSA) is 55.6 Å². The normalized spacial score (nSPS) is 12.1. The Balaban J connectivity index is 2.73. The Morgan fingerprint density at radius 1 is 1.56 bits per heavy atom. The summed E-state index contributed by atoms with van der Waals surface area (Å²) in [6.07, 6.45) is 0.155. The molecular formula is C13H19FN2O2. The highest BCUT2D eigenvalue weighted by atomic mass is 19.1. The van der Waals surface area contributed by atoms with E-state index in [1.54, 1.807) is 18.0 Å². The highest BCUT2D eigenvalue weighted by Gasteiger charge is 2.15. The summed E-state index contributed by atoms with van der Waals surface area (Å²) in [6.45, 7) is 2.27. The lowest BCUT2D eigenvalue weighted by Crippen LogP contribution is -2.40. The average Bonchev–Trinajstić information content (AvgIpc) is 2.37. The number of likely N-dealkylation sites (N-methyl/N-ethyl adjacent to an activating group) is 1. The molecule has 0 aliphatic rings. The third-order valence-electron chi connectivity index (χ3n) is 2.97. The van der Waals surface area contributed by atoms with Gasteiger partial charge in [0.2, 0.25) is 5.91 Å². The molecule has 0 aromatic heterocycles. The number of nitrogens with two attached hydrogens (primary N) is 1. The summed E-state index contributed by atoms with van der Waals surface area (Å²) in [5, 5.41) is 0. The van der Waals surface area contributed by atoms with Crippen molar-refractivity contribution in [1.82, 2.24) is 4.90 Å². The molecule has 0 aliphatic carbocycles. The molecule has 18 heavy (non-hydrogen) atoms. The van der Waals surface area contributed by atoms with Crippen molar-refractivity contribution in [2.75, 3.05) is 20.7 Å². The van der Waals surface area contributed by atoms with Crippen LogP contribution in [0.5, 0.6) is 5.75 Å². The minimum absolute atomic E-state index is 0.0272. The van der Waals surface area contributed by atoms with Crippen LogP contribution in [0, 0.1) is 5.82 Å². The highest BCUT2D eigenvalue weighted by molar-refractivity contribution is 5.78. The van der Waals surface area contributed by atoms with Gasteiger partial charge < -0.3 is 15.4 Å². The van der Waals surface area contributed by atoms with E-state index in [-0.39, 0.29) is 24.1 Å². The Kier molecular flexibility index (Phi) is 5.09. The zero-order valence-electron chi connectivity index (χ0n) is 10.9. The fourth-order valence-corrected chi connectivity index (χ4v) is 1.52. The maximum absolute atomic E-state index is 13.5. The second kappa shape index (κ2) is 6.35. The largest absolute Gasteiger partial charge is 0.494 e. The lowest BCUT2D eigenvalue weighted by atomic mass is 10.1. The van der Waals surface area contributed by atoms with Gasteiger partial charge in [0.05, 0.1) is 13.5 Å². The minimum atomic E-state index is -0.461. The molecule has 1 atom stereocenters. The number of hydrogen-bond donors (Lipinski definition) is 1. The van der Waals surface area contributed by atoms with Gasteiger partial charge in [0.1, 0.15) is 0 Å². The lowest BCUT2D eigenvalue weighted by Gasteiger charge is -2.23. The molecule has 1 aromatic carbocycles. The van der Waals surface area contributed by atoms with Crippen molar-refractivity contribution >= 4 is 5.91 Å². The summed E-state index contributed by atoms with van der Waals surface area (Å²) in [5.41, 5.74) is 6.12. The number of methoxy groups -OCH3 is 1. The van der Waals surface area contributed by atoms with Gasteiger partial charge in [-0.2, -0.15) is 0 Å². The number of ether oxygens (including phenoxy) is 1. The first-order valence-corrected chi connectivity index (χ1v) is 5.77. The monoisotopic (exact) mass is 254 g/mol. The predicted octanol–water partition coefficient (Wildman–Crippen LogP) is 1.18. The van der Waals surface area contributed by atoms with Crippen molar-refractivity contribution in [1.29, 1.82) is 0 Å². The maximum atomic E-state index is 13.5. The van der Waals surface area contributed by atoms with Gasteiger partial charge in [0.25, 0.3) is 0 Å². The van der Waals surface area contributed by atoms with Crippen molar-refractivity contribution in [3.05, 3.63) is 29.6 Å². The van der Waals surface area contributed by atoms with Crippen LogP contribution in [0.4, 0.5) is 4.39 Å². The Bertz CT molecular complexity index is 423. The van der Waals surface area contributed by atoms with E-state index in [1.807, 2.05) is 6.92 Å². The summed E-state index contributed by atoms with van der Waals surface area (Å²) in [7, 11) is 3.10. The Morgan fingerprint density at radius 3 is 2.72 bits per heavy atom. The van der Waals surface area contributed by atoms with Gasteiger partial charge in [-0.25, -0.2) is 4.39 Å². The minimum Gasteiger partial charge on any atom is -0.494 e. The van der Waals surface area contributed by atoms with E-state index in [9.17, 15) is 9.18 Å². The number of hydrogen-bond acceptors (Lipinski definition) is 3. The summed E-state index contributed by atoms with van der Waals surface area (Å²) < 4.78 is 18.3. The number of rotatable bonds is 5. The van der Waals surface area contributed by atoms with Crippen LogP contribution >= 0.6 is 0 Å². The number of nitrogens with zero attached hydrogens (tertiary/aromatic N) is 1. The number of benzene rings is 1. The van der Waals surface area contributed by atoms with Crippen LogP contribution < -0.4 is 10.5 Å². The van der Waals surface area contributed by atoms with Crippen LogP contribution in [0.25, 0.3) is 0 Å². The summed E-state index contributed by atoms with van der Waals surface area (Å²) >= 11 is 0.